The van der Waals surface area contributed by atoms with E-state index in [4.69, 9.17) is 20.8 Å². The molecule has 1 amide bonds. The maximum Gasteiger partial charge on any atom is 0.341 e. The predicted molar refractivity (Wildman–Crippen MR) is 149 cm³/mol. The standard InChI is InChI=1S/C29H31ClFN3O6/c1-15-11-22(33-10-9-32(3)17(12-33)14-39-4)16(2)26-23(15)18-7-8-34(13-21(18)29(38)40-26)27(35)20-6-5-19(28(36)37)24(30)25(20)31/h5-6,11,17H,7-10,12-14H2,1-4H3,(H,36,37)/t17-/m1/s1. The van der Waals surface area contributed by atoms with Gasteiger partial charge in [-0.2, -0.15) is 0 Å². The monoisotopic (exact) mass is 571 g/mol. The van der Waals surface area contributed by atoms with Crippen LogP contribution in [-0.2, 0) is 17.7 Å². The molecule has 5 rings (SSSR count). The van der Waals surface area contributed by atoms with E-state index in [0.29, 0.717) is 24.2 Å². The van der Waals surface area contributed by atoms with Crippen molar-refractivity contribution in [2.24, 2.45) is 0 Å². The number of hydrogen-bond acceptors (Lipinski definition) is 7. The summed E-state index contributed by atoms with van der Waals surface area (Å²) in [5, 5.41) is 9.41. The molecule has 1 aromatic heterocycles. The Hall–Kier alpha value is -3.47. The summed E-state index contributed by atoms with van der Waals surface area (Å²) in [6, 6.07) is 4.58. The molecule has 3 heterocycles. The van der Waals surface area contributed by atoms with Crippen LogP contribution < -0.4 is 10.5 Å². The highest BCUT2D eigenvalue weighted by Crippen LogP contribution is 2.36. The van der Waals surface area contributed by atoms with Crippen molar-refractivity contribution in [1.82, 2.24) is 9.80 Å². The number of carboxylic acid groups (broad SMARTS) is 1. The van der Waals surface area contributed by atoms with Crippen molar-refractivity contribution in [2.45, 2.75) is 32.9 Å². The first-order valence-electron chi connectivity index (χ1n) is 13.1. The molecule has 3 aromatic rings. The van der Waals surface area contributed by atoms with E-state index in [-0.39, 0.29) is 24.7 Å². The number of anilines is 1. The third-order valence-corrected chi connectivity index (χ3v) is 8.46. The van der Waals surface area contributed by atoms with E-state index in [1.165, 1.54) is 4.90 Å². The van der Waals surface area contributed by atoms with Crippen LogP contribution in [0.3, 0.4) is 0 Å². The third-order valence-electron chi connectivity index (χ3n) is 8.09. The fourth-order valence-corrected chi connectivity index (χ4v) is 6.09. The number of piperazine rings is 1. The summed E-state index contributed by atoms with van der Waals surface area (Å²) < 4.78 is 26.2. The van der Waals surface area contributed by atoms with Crippen molar-refractivity contribution >= 4 is 40.1 Å². The molecular formula is C29H31ClFN3O6. The number of methoxy groups -OCH3 is 1. The zero-order chi connectivity index (χ0) is 28.9. The minimum Gasteiger partial charge on any atom is -0.478 e. The molecule has 0 bridgehead atoms. The Bertz CT molecular complexity index is 1590. The summed E-state index contributed by atoms with van der Waals surface area (Å²) in [5.41, 5.74) is 3.30. The Morgan fingerprint density at radius 3 is 2.60 bits per heavy atom. The summed E-state index contributed by atoms with van der Waals surface area (Å²) in [6.07, 6.45) is 0.385. The molecular weight excluding hydrogens is 541 g/mol. The van der Waals surface area contributed by atoms with Gasteiger partial charge in [-0.15, -0.1) is 0 Å². The van der Waals surface area contributed by atoms with E-state index in [2.05, 4.69) is 22.9 Å². The molecule has 0 unspecified atom stereocenters. The van der Waals surface area contributed by atoms with Gasteiger partial charge in [-0.25, -0.2) is 14.0 Å². The lowest BCUT2D eigenvalue weighted by molar-refractivity contribution is 0.0690. The number of carboxylic acids is 1. The Kier molecular flexibility index (Phi) is 7.60. The highest BCUT2D eigenvalue weighted by molar-refractivity contribution is 6.34. The number of carbonyl (C=O) groups excluding carboxylic acids is 1. The second-order valence-electron chi connectivity index (χ2n) is 10.5. The van der Waals surface area contributed by atoms with Crippen LogP contribution in [-0.4, -0.2) is 79.8 Å². The number of amides is 1. The van der Waals surface area contributed by atoms with Crippen LogP contribution in [0.4, 0.5) is 10.1 Å². The first-order chi connectivity index (χ1) is 19.0. The Labute approximate surface area is 235 Å². The summed E-state index contributed by atoms with van der Waals surface area (Å²) in [5.74, 6) is -3.17. The SMILES string of the molecule is COC[C@H]1CN(c2cc(C)c3c4c(c(=O)oc3c2C)CN(C(=O)c2ccc(C(=O)O)c(Cl)c2F)CC4)CCN1C. The zero-order valence-electron chi connectivity index (χ0n) is 22.8. The van der Waals surface area contributed by atoms with Gasteiger partial charge in [0.05, 0.1) is 40.9 Å². The molecule has 40 heavy (non-hydrogen) atoms. The van der Waals surface area contributed by atoms with E-state index in [0.717, 1.165) is 59.5 Å². The van der Waals surface area contributed by atoms with Crippen molar-refractivity contribution in [1.29, 1.82) is 0 Å². The molecule has 1 atom stereocenters. The normalized spacial score (nSPS) is 17.8. The molecule has 0 spiro atoms. The van der Waals surface area contributed by atoms with Gasteiger partial charge < -0.3 is 24.1 Å². The van der Waals surface area contributed by atoms with Crippen LogP contribution in [0.5, 0.6) is 0 Å². The van der Waals surface area contributed by atoms with Gasteiger partial charge in [0, 0.05) is 49.9 Å². The maximum absolute atomic E-state index is 14.9. The number of aromatic carboxylic acids is 1. The first-order valence-corrected chi connectivity index (χ1v) is 13.4. The van der Waals surface area contributed by atoms with E-state index >= 15 is 0 Å². The molecule has 1 fully saturated rings. The maximum atomic E-state index is 14.9. The van der Waals surface area contributed by atoms with Gasteiger partial charge in [0.2, 0.25) is 0 Å². The average Bonchev–Trinajstić information content (AvgIpc) is 2.92. The largest absolute Gasteiger partial charge is 0.478 e. The zero-order valence-corrected chi connectivity index (χ0v) is 23.6. The molecule has 1 saturated heterocycles. The number of rotatable bonds is 5. The number of carbonyl (C=O) groups is 2. The number of fused-ring (bicyclic) bond motifs is 3. The van der Waals surface area contributed by atoms with E-state index in [9.17, 15) is 23.9 Å². The van der Waals surface area contributed by atoms with Crippen LogP contribution >= 0.6 is 11.6 Å². The fourth-order valence-electron chi connectivity index (χ4n) is 5.84. The Balaban J connectivity index is 1.49. The lowest BCUT2D eigenvalue weighted by Gasteiger charge is -2.41. The smallest absolute Gasteiger partial charge is 0.341 e. The second kappa shape index (κ2) is 10.8. The fraction of sp³-hybridized carbons (Fsp3) is 0.414. The lowest BCUT2D eigenvalue weighted by Crippen LogP contribution is -2.53. The molecule has 11 heteroatoms. The topological polar surface area (TPSA) is 104 Å². The van der Waals surface area contributed by atoms with Gasteiger partial charge >= 0.3 is 11.6 Å². The third kappa shape index (κ3) is 4.74. The van der Waals surface area contributed by atoms with Gasteiger partial charge in [0.1, 0.15) is 5.58 Å². The second-order valence-corrected chi connectivity index (χ2v) is 10.9. The summed E-state index contributed by atoms with van der Waals surface area (Å²) in [6.45, 7) is 7.28. The number of nitrogens with zero attached hydrogens (tertiary/aromatic N) is 3. The van der Waals surface area contributed by atoms with Gasteiger partial charge in [-0.05, 0) is 56.6 Å². The molecule has 0 aliphatic carbocycles. The molecule has 2 aliphatic heterocycles. The van der Waals surface area contributed by atoms with Crippen LogP contribution in [0.15, 0.2) is 27.4 Å². The summed E-state index contributed by atoms with van der Waals surface area (Å²) >= 11 is 5.88. The van der Waals surface area contributed by atoms with Gasteiger partial charge in [-0.1, -0.05) is 11.6 Å². The summed E-state index contributed by atoms with van der Waals surface area (Å²) in [7, 11) is 3.79. The number of aryl methyl sites for hydroxylation is 2. The first kappa shape index (κ1) is 28.1. The number of hydrogen-bond donors (Lipinski definition) is 1. The highest BCUT2D eigenvalue weighted by Gasteiger charge is 2.31. The molecule has 1 N–H and O–H groups in total. The number of likely N-dealkylation sites (N-methyl/N-ethyl adjacent to an activating group) is 1. The Morgan fingerprint density at radius 2 is 1.90 bits per heavy atom. The van der Waals surface area contributed by atoms with Gasteiger partial charge in [0.25, 0.3) is 5.91 Å². The lowest BCUT2D eigenvalue weighted by atomic mass is 9.92. The van der Waals surface area contributed by atoms with Crippen LogP contribution in [0.1, 0.15) is 43.0 Å². The van der Waals surface area contributed by atoms with Crippen molar-refractivity contribution in [3.05, 3.63) is 72.8 Å². The molecule has 9 nitrogen and oxygen atoms in total. The predicted octanol–water partition coefficient (Wildman–Crippen LogP) is 3.87. The van der Waals surface area contributed by atoms with Gasteiger partial charge in [0.15, 0.2) is 5.82 Å². The van der Waals surface area contributed by atoms with E-state index in [1.807, 2.05) is 13.8 Å². The van der Waals surface area contributed by atoms with Crippen LogP contribution in [0.25, 0.3) is 11.0 Å². The molecule has 0 radical (unpaired) electrons. The minimum atomic E-state index is -1.39. The molecule has 0 saturated carbocycles. The number of ether oxygens (including phenoxy) is 1. The minimum absolute atomic E-state index is 0.0540. The number of halogens is 2. The van der Waals surface area contributed by atoms with Gasteiger partial charge in [-0.3, -0.25) is 9.69 Å². The van der Waals surface area contributed by atoms with Crippen LogP contribution in [0.2, 0.25) is 5.02 Å². The van der Waals surface area contributed by atoms with Crippen molar-refractivity contribution < 1.29 is 28.2 Å². The Morgan fingerprint density at radius 1 is 1.18 bits per heavy atom. The highest BCUT2D eigenvalue weighted by atomic mass is 35.5. The molecule has 2 aliphatic rings. The van der Waals surface area contributed by atoms with Crippen LogP contribution in [0, 0.1) is 19.7 Å². The van der Waals surface area contributed by atoms with E-state index < -0.39 is 33.9 Å². The van der Waals surface area contributed by atoms with Crippen molar-refractivity contribution in [3.8, 4) is 0 Å². The summed E-state index contributed by atoms with van der Waals surface area (Å²) in [4.78, 5) is 43.7. The quantitative estimate of drug-likeness (QED) is 0.461. The number of benzene rings is 2. The molecule has 212 valence electrons. The van der Waals surface area contributed by atoms with E-state index in [1.54, 1.807) is 7.11 Å². The molecule has 2 aromatic carbocycles. The van der Waals surface area contributed by atoms with Crippen molar-refractivity contribution in [2.75, 3.05) is 51.8 Å². The van der Waals surface area contributed by atoms with Crippen molar-refractivity contribution in [3.63, 3.8) is 0 Å². The average molecular weight is 572 g/mol.